The molecule has 0 aliphatic carbocycles. The summed E-state index contributed by atoms with van der Waals surface area (Å²) < 4.78 is 18.4. The van der Waals surface area contributed by atoms with Gasteiger partial charge in [0, 0.05) is 19.5 Å². The largest absolute Gasteiger partial charge is 0.456 e. The third-order valence-electron chi connectivity index (χ3n) is 3.96. The molecule has 1 aliphatic heterocycles. The first kappa shape index (κ1) is 17.8. The Balaban J connectivity index is 1.53. The maximum atomic E-state index is 12.9. The van der Waals surface area contributed by atoms with Crippen LogP contribution in [0.15, 0.2) is 42.6 Å². The van der Waals surface area contributed by atoms with Gasteiger partial charge < -0.3 is 20.7 Å². The molecule has 0 spiro atoms. The number of carbonyl (C=O) groups is 2. The van der Waals surface area contributed by atoms with Crippen molar-refractivity contribution in [2.24, 2.45) is 5.73 Å². The summed E-state index contributed by atoms with van der Waals surface area (Å²) in [6.07, 6.45) is 2.74. The van der Waals surface area contributed by atoms with E-state index in [0.29, 0.717) is 30.3 Å². The molecule has 136 valence electrons. The normalized spacial score (nSPS) is 15.0. The maximum Gasteiger partial charge on any atom is 0.244 e. The number of halogens is 1. The average molecular weight is 358 g/mol. The number of amides is 2. The second kappa shape index (κ2) is 7.92. The molecule has 2 heterocycles. The number of aromatic nitrogens is 1. The molecule has 2 amide bonds. The van der Waals surface area contributed by atoms with E-state index in [1.165, 1.54) is 30.5 Å². The summed E-state index contributed by atoms with van der Waals surface area (Å²) in [5.74, 6) is 0.507. The summed E-state index contributed by atoms with van der Waals surface area (Å²) in [6, 6.07) is 7.97. The van der Waals surface area contributed by atoms with E-state index >= 15 is 0 Å². The molecule has 0 bridgehead atoms. The number of nitrogens with two attached hydrogens (primary N) is 1. The van der Waals surface area contributed by atoms with Gasteiger partial charge in [-0.25, -0.2) is 9.37 Å². The Hall–Kier alpha value is -3.00. The number of pyridine rings is 1. The molecule has 1 fully saturated rings. The second-order valence-electron chi connectivity index (χ2n) is 5.97. The molecule has 7 nitrogen and oxygen atoms in total. The minimum absolute atomic E-state index is 0.0219. The van der Waals surface area contributed by atoms with Crippen molar-refractivity contribution in [3.8, 4) is 11.5 Å². The Kier molecular flexibility index (Phi) is 5.43. The third-order valence-corrected chi connectivity index (χ3v) is 3.96. The molecule has 0 saturated carbocycles. The van der Waals surface area contributed by atoms with Crippen LogP contribution in [-0.2, 0) is 9.59 Å². The van der Waals surface area contributed by atoms with E-state index < -0.39 is 11.9 Å². The van der Waals surface area contributed by atoms with Gasteiger partial charge in [0.15, 0.2) is 0 Å². The third kappa shape index (κ3) is 4.54. The molecule has 1 saturated heterocycles. The zero-order chi connectivity index (χ0) is 18.5. The molecular weight excluding hydrogens is 339 g/mol. The first-order valence-electron chi connectivity index (χ1n) is 8.25. The van der Waals surface area contributed by atoms with Crippen LogP contribution in [-0.4, -0.2) is 40.8 Å². The lowest BCUT2D eigenvalue weighted by Crippen LogP contribution is -2.45. The lowest BCUT2D eigenvalue weighted by molar-refractivity contribution is -0.128. The van der Waals surface area contributed by atoms with Crippen molar-refractivity contribution >= 4 is 17.6 Å². The van der Waals surface area contributed by atoms with Crippen LogP contribution in [0.4, 0.5) is 10.2 Å². The fraction of sp³-hybridized carbons (Fsp3) is 0.278. The number of benzene rings is 1. The van der Waals surface area contributed by atoms with Crippen molar-refractivity contribution in [1.82, 2.24) is 9.88 Å². The van der Waals surface area contributed by atoms with Crippen LogP contribution < -0.4 is 15.8 Å². The van der Waals surface area contributed by atoms with E-state index in [9.17, 15) is 14.0 Å². The monoisotopic (exact) mass is 358 g/mol. The van der Waals surface area contributed by atoms with E-state index in [0.717, 1.165) is 6.42 Å². The van der Waals surface area contributed by atoms with Gasteiger partial charge in [0.25, 0.3) is 0 Å². The zero-order valence-corrected chi connectivity index (χ0v) is 14.0. The van der Waals surface area contributed by atoms with E-state index in [1.54, 1.807) is 17.0 Å². The highest BCUT2D eigenvalue weighted by Gasteiger charge is 2.25. The van der Waals surface area contributed by atoms with Crippen LogP contribution in [0.25, 0.3) is 0 Å². The molecule has 1 aromatic carbocycles. The summed E-state index contributed by atoms with van der Waals surface area (Å²) in [5.41, 5.74) is 5.86. The molecule has 8 heteroatoms. The maximum absolute atomic E-state index is 12.9. The fourth-order valence-corrected chi connectivity index (χ4v) is 2.59. The minimum Gasteiger partial charge on any atom is -0.456 e. The fourth-order valence-electron chi connectivity index (χ4n) is 2.59. The summed E-state index contributed by atoms with van der Waals surface area (Å²) in [4.78, 5) is 29.4. The van der Waals surface area contributed by atoms with E-state index in [2.05, 4.69) is 10.3 Å². The van der Waals surface area contributed by atoms with Crippen LogP contribution in [0, 0.1) is 5.82 Å². The van der Waals surface area contributed by atoms with Gasteiger partial charge in [-0.1, -0.05) is 0 Å². The first-order chi connectivity index (χ1) is 12.5. The number of anilines is 1. The Morgan fingerprint density at radius 1 is 1.27 bits per heavy atom. The molecule has 26 heavy (non-hydrogen) atoms. The van der Waals surface area contributed by atoms with Gasteiger partial charge in [-0.3, -0.25) is 9.59 Å². The summed E-state index contributed by atoms with van der Waals surface area (Å²) in [7, 11) is 0. The Morgan fingerprint density at radius 2 is 2.00 bits per heavy atom. The number of hydrogen-bond donors (Lipinski definition) is 2. The Labute approximate surface area is 150 Å². The molecule has 1 aliphatic rings. The van der Waals surface area contributed by atoms with E-state index in [-0.39, 0.29) is 18.3 Å². The molecular formula is C18H19FN4O3. The van der Waals surface area contributed by atoms with Crippen LogP contribution in [0.2, 0.25) is 0 Å². The molecule has 2 aromatic rings. The van der Waals surface area contributed by atoms with Gasteiger partial charge in [0.2, 0.25) is 11.8 Å². The van der Waals surface area contributed by atoms with Crippen LogP contribution in [0.1, 0.15) is 12.8 Å². The van der Waals surface area contributed by atoms with Crippen molar-refractivity contribution in [2.45, 2.75) is 18.9 Å². The smallest absolute Gasteiger partial charge is 0.244 e. The van der Waals surface area contributed by atoms with Crippen molar-refractivity contribution < 1.29 is 18.7 Å². The standard InChI is InChI=1S/C18H19FN4O3/c19-12-3-5-13(6-4-12)26-14-7-8-16(21-10-14)22-18(25)15(20)11-23-9-1-2-17(23)24/h3-8,10,15H,1-2,9,11,20H2,(H,21,22,25)/t15-/m0/s1. The van der Waals surface area contributed by atoms with Gasteiger partial charge in [-0.15, -0.1) is 0 Å². The summed E-state index contributed by atoms with van der Waals surface area (Å²) >= 11 is 0. The average Bonchev–Trinajstić information content (AvgIpc) is 3.03. The Bertz CT molecular complexity index is 780. The number of likely N-dealkylation sites (tertiary alicyclic amines) is 1. The highest BCUT2D eigenvalue weighted by Crippen LogP contribution is 2.21. The lowest BCUT2D eigenvalue weighted by atomic mass is 10.2. The molecule has 0 unspecified atom stereocenters. The zero-order valence-electron chi connectivity index (χ0n) is 14.0. The SMILES string of the molecule is N[C@@H](CN1CCCC1=O)C(=O)Nc1ccc(Oc2ccc(F)cc2)cn1. The second-order valence-corrected chi connectivity index (χ2v) is 5.97. The summed E-state index contributed by atoms with van der Waals surface area (Å²) in [5, 5.41) is 2.61. The van der Waals surface area contributed by atoms with E-state index in [4.69, 9.17) is 10.5 Å². The van der Waals surface area contributed by atoms with Crippen molar-refractivity contribution in [3.05, 3.63) is 48.4 Å². The predicted octanol–water partition coefficient (Wildman–Crippen LogP) is 1.90. The van der Waals surface area contributed by atoms with Crippen molar-refractivity contribution in [3.63, 3.8) is 0 Å². The predicted molar refractivity (Wildman–Crippen MR) is 93.1 cm³/mol. The topological polar surface area (TPSA) is 97.5 Å². The van der Waals surface area contributed by atoms with Gasteiger partial charge in [-0.05, 0) is 42.8 Å². The molecule has 1 aromatic heterocycles. The quantitative estimate of drug-likeness (QED) is 0.822. The number of ether oxygens (including phenoxy) is 1. The molecule has 0 radical (unpaired) electrons. The van der Waals surface area contributed by atoms with Gasteiger partial charge in [-0.2, -0.15) is 0 Å². The van der Waals surface area contributed by atoms with Crippen molar-refractivity contribution in [1.29, 1.82) is 0 Å². The molecule has 3 rings (SSSR count). The highest BCUT2D eigenvalue weighted by atomic mass is 19.1. The lowest BCUT2D eigenvalue weighted by Gasteiger charge is -2.20. The number of hydrogen-bond acceptors (Lipinski definition) is 5. The molecule has 3 N–H and O–H groups in total. The number of nitrogens with zero attached hydrogens (tertiary/aromatic N) is 2. The number of carbonyl (C=O) groups excluding carboxylic acids is 2. The highest BCUT2D eigenvalue weighted by molar-refractivity contribution is 5.94. The van der Waals surface area contributed by atoms with Gasteiger partial charge in [0.1, 0.15) is 29.2 Å². The van der Waals surface area contributed by atoms with Gasteiger partial charge in [0.05, 0.1) is 6.20 Å². The van der Waals surface area contributed by atoms with E-state index in [1.807, 2.05) is 0 Å². The van der Waals surface area contributed by atoms with Crippen LogP contribution in [0.5, 0.6) is 11.5 Å². The first-order valence-corrected chi connectivity index (χ1v) is 8.25. The summed E-state index contributed by atoms with van der Waals surface area (Å²) in [6.45, 7) is 0.823. The Morgan fingerprint density at radius 3 is 2.62 bits per heavy atom. The van der Waals surface area contributed by atoms with Crippen LogP contribution in [0.3, 0.4) is 0 Å². The molecule has 1 atom stereocenters. The number of rotatable bonds is 6. The van der Waals surface area contributed by atoms with Gasteiger partial charge >= 0.3 is 0 Å². The number of nitrogens with one attached hydrogen (secondary N) is 1. The minimum atomic E-state index is -0.825. The van der Waals surface area contributed by atoms with Crippen molar-refractivity contribution in [2.75, 3.05) is 18.4 Å². The van der Waals surface area contributed by atoms with Crippen LogP contribution >= 0.6 is 0 Å².